The van der Waals surface area contributed by atoms with Crippen molar-refractivity contribution in [3.63, 3.8) is 0 Å². The van der Waals surface area contributed by atoms with E-state index in [2.05, 4.69) is 28.4 Å². The van der Waals surface area contributed by atoms with E-state index in [0.717, 1.165) is 33.5 Å². The van der Waals surface area contributed by atoms with Crippen LogP contribution in [0.2, 0.25) is 0 Å². The molecule has 0 aliphatic carbocycles. The van der Waals surface area contributed by atoms with Gasteiger partial charge < -0.3 is 5.32 Å². The summed E-state index contributed by atoms with van der Waals surface area (Å²) in [6.45, 7) is 7.79. The first kappa shape index (κ1) is 18.3. The fraction of sp³-hybridized carbons (Fsp3) is 0.316. The van der Waals surface area contributed by atoms with Crippen molar-refractivity contribution < 1.29 is 4.79 Å². The van der Waals surface area contributed by atoms with Crippen LogP contribution < -0.4 is 5.32 Å². The van der Waals surface area contributed by atoms with Crippen LogP contribution in [0.5, 0.6) is 0 Å². The maximum absolute atomic E-state index is 12.7. The van der Waals surface area contributed by atoms with Crippen LogP contribution in [0.15, 0.2) is 41.8 Å². The van der Waals surface area contributed by atoms with Gasteiger partial charge in [-0.3, -0.25) is 14.0 Å². The number of benzene rings is 1. The lowest BCUT2D eigenvalue weighted by molar-refractivity contribution is -0.115. The monoisotopic (exact) mass is 369 g/mol. The summed E-state index contributed by atoms with van der Waals surface area (Å²) in [6.07, 6.45) is 3.68. The van der Waals surface area contributed by atoms with E-state index in [1.165, 1.54) is 11.8 Å². The Morgan fingerprint density at radius 1 is 1.23 bits per heavy atom. The third-order valence-electron chi connectivity index (χ3n) is 4.39. The third kappa shape index (κ3) is 3.53. The zero-order valence-electron chi connectivity index (χ0n) is 15.6. The minimum Gasteiger partial charge on any atom is -0.322 e. The van der Waals surface area contributed by atoms with Crippen LogP contribution in [0.3, 0.4) is 0 Å². The van der Waals surface area contributed by atoms with Gasteiger partial charge in [-0.05, 0) is 39.3 Å². The molecule has 1 aromatic carbocycles. The predicted octanol–water partition coefficient (Wildman–Crippen LogP) is 3.65. The molecule has 0 bridgehead atoms. The highest BCUT2D eigenvalue weighted by molar-refractivity contribution is 8.00. The quantitative estimate of drug-likeness (QED) is 0.697. The summed E-state index contributed by atoms with van der Waals surface area (Å²) in [5.41, 5.74) is 4.77. The van der Waals surface area contributed by atoms with Crippen LogP contribution >= 0.6 is 11.8 Å². The van der Waals surface area contributed by atoms with Gasteiger partial charge >= 0.3 is 0 Å². The molecule has 7 heteroatoms. The number of amides is 1. The lowest BCUT2D eigenvalue weighted by Gasteiger charge is -2.14. The van der Waals surface area contributed by atoms with Gasteiger partial charge in [0.05, 0.1) is 28.0 Å². The van der Waals surface area contributed by atoms with E-state index in [1.807, 2.05) is 56.8 Å². The maximum atomic E-state index is 12.7. The average molecular weight is 369 g/mol. The number of hydrogen-bond acceptors (Lipinski definition) is 4. The molecule has 26 heavy (non-hydrogen) atoms. The summed E-state index contributed by atoms with van der Waals surface area (Å²) in [7, 11) is 1.87. The molecule has 1 atom stereocenters. The Bertz CT molecular complexity index is 943. The van der Waals surface area contributed by atoms with E-state index in [-0.39, 0.29) is 11.2 Å². The zero-order valence-corrected chi connectivity index (χ0v) is 16.5. The number of aryl methyl sites for hydroxylation is 3. The fourth-order valence-corrected chi connectivity index (χ4v) is 3.66. The third-order valence-corrected chi connectivity index (χ3v) is 5.47. The predicted molar refractivity (Wildman–Crippen MR) is 105 cm³/mol. The van der Waals surface area contributed by atoms with Crippen molar-refractivity contribution in [2.45, 2.75) is 38.1 Å². The summed E-state index contributed by atoms with van der Waals surface area (Å²) in [4.78, 5) is 17.1. The van der Waals surface area contributed by atoms with Crippen molar-refractivity contribution in [3.8, 4) is 5.69 Å². The molecule has 3 aromatic rings. The normalized spacial score (nSPS) is 12.2. The van der Waals surface area contributed by atoms with Crippen LogP contribution in [0.1, 0.15) is 23.9 Å². The first-order chi connectivity index (χ1) is 12.4. The second-order valence-electron chi connectivity index (χ2n) is 6.29. The smallest absolute Gasteiger partial charge is 0.237 e. The van der Waals surface area contributed by atoms with Gasteiger partial charge in [-0.25, -0.2) is 4.98 Å². The Morgan fingerprint density at radius 3 is 2.62 bits per heavy atom. The Kier molecular flexibility index (Phi) is 5.18. The topological polar surface area (TPSA) is 64.7 Å². The molecule has 1 unspecified atom stereocenters. The van der Waals surface area contributed by atoms with Crippen LogP contribution in [-0.2, 0) is 11.8 Å². The Morgan fingerprint density at radius 2 is 1.96 bits per heavy atom. The van der Waals surface area contributed by atoms with E-state index in [4.69, 9.17) is 0 Å². The largest absolute Gasteiger partial charge is 0.322 e. The van der Waals surface area contributed by atoms with E-state index < -0.39 is 0 Å². The first-order valence-corrected chi connectivity index (χ1v) is 9.33. The lowest BCUT2D eigenvalue weighted by Crippen LogP contribution is -2.23. The van der Waals surface area contributed by atoms with Crippen LogP contribution in [-0.4, -0.2) is 30.5 Å². The molecule has 0 spiro atoms. The van der Waals surface area contributed by atoms with Gasteiger partial charge in [0.25, 0.3) is 0 Å². The molecule has 0 aliphatic rings. The Labute approximate surface area is 157 Å². The van der Waals surface area contributed by atoms with Crippen molar-refractivity contribution in [1.82, 2.24) is 19.3 Å². The highest BCUT2D eigenvalue weighted by Crippen LogP contribution is 2.27. The molecule has 136 valence electrons. The highest BCUT2D eigenvalue weighted by atomic mass is 32.2. The summed E-state index contributed by atoms with van der Waals surface area (Å²) in [5, 5.41) is 7.84. The van der Waals surface area contributed by atoms with Crippen LogP contribution in [0.25, 0.3) is 5.69 Å². The SMILES string of the molecule is Cc1ccccc1-n1ccnc1SC(C)C(=O)Nc1c(C)nn(C)c1C. The van der Waals surface area contributed by atoms with Gasteiger partial charge in [-0.15, -0.1) is 0 Å². The number of nitrogens with zero attached hydrogens (tertiary/aromatic N) is 4. The zero-order chi connectivity index (χ0) is 18.8. The summed E-state index contributed by atoms with van der Waals surface area (Å²) in [6, 6.07) is 8.13. The molecule has 1 amide bonds. The number of carbonyl (C=O) groups is 1. The molecule has 2 aromatic heterocycles. The number of imidazole rings is 1. The molecule has 6 nitrogen and oxygen atoms in total. The first-order valence-electron chi connectivity index (χ1n) is 8.45. The lowest BCUT2D eigenvalue weighted by atomic mass is 10.2. The molecule has 0 fully saturated rings. The van der Waals surface area contributed by atoms with Gasteiger partial charge in [0.15, 0.2) is 5.16 Å². The number of anilines is 1. The van der Waals surface area contributed by atoms with Gasteiger partial charge in [-0.2, -0.15) is 5.10 Å². The summed E-state index contributed by atoms with van der Waals surface area (Å²) < 4.78 is 3.79. The highest BCUT2D eigenvalue weighted by Gasteiger charge is 2.21. The summed E-state index contributed by atoms with van der Waals surface area (Å²) >= 11 is 1.44. The van der Waals surface area contributed by atoms with E-state index in [1.54, 1.807) is 10.9 Å². The van der Waals surface area contributed by atoms with Crippen LogP contribution in [0.4, 0.5) is 5.69 Å². The maximum Gasteiger partial charge on any atom is 0.237 e. The number of nitrogens with one attached hydrogen (secondary N) is 1. The molecule has 1 N–H and O–H groups in total. The second-order valence-corrected chi connectivity index (χ2v) is 7.59. The number of rotatable bonds is 5. The fourth-order valence-electron chi connectivity index (χ4n) is 2.78. The summed E-state index contributed by atoms with van der Waals surface area (Å²) in [5.74, 6) is -0.0615. The minimum atomic E-state index is -0.292. The van der Waals surface area contributed by atoms with E-state index in [0.29, 0.717) is 0 Å². The number of para-hydroxylation sites is 1. The molecule has 2 heterocycles. The molecular weight excluding hydrogens is 346 g/mol. The van der Waals surface area contributed by atoms with Crippen molar-refractivity contribution in [2.24, 2.45) is 7.05 Å². The molecule has 3 rings (SSSR count). The number of hydrogen-bond donors (Lipinski definition) is 1. The number of aromatic nitrogens is 4. The second kappa shape index (κ2) is 7.37. The van der Waals surface area contributed by atoms with Gasteiger partial charge in [0.1, 0.15) is 0 Å². The minimum absolute atomic E-state index is 0.0615. The van der Waals surface area contributed by atoms with E-state index >= 15 is 0 Å². The molecular formula is C19H23N5OS. The number of carbonyl (C=O) groups excluding carboxylic acids is 1. The molecule has 0 saturated carbocycles. The average Bonchev–Trinajstić information content (AvgIpc) is 3.15. The van der Waals surface area contributed by atoms with Gasteiger partial charge in [0, 0.05) is 19.4 Å². The van der Waals surface area contributed by atoms with Gasteiger partial charge in [0.2, 0.25) is 5.91 Å². The number of thioether (sulfide) groups is 1. The molecule has 0 saturated heterocycles. The van der Waals surface area contributed by atoms with Crippen molar-refractivity contribution >= 4 is 23.4 Å². The van der Waals surface area contributed by atoms with Crippen molar-refractivity contribution in [1.29, 1.82) is 0 Å². The van der Waals surface area contributed by atoms with Crippen molar-refractivity contribution in [2.75, 3.05) is 5.32 Å². The van der Waals surface area contributed by atoms with Crippen LogP contribution in [0, 0.1) is 20.8 Å². The Balaban J connectivity index is 1.77. The van der Waals surface area contributed by atoms with Gasteiger partial charge in [-0.1, -0.05) is 30.0 Å². The van der Waals surface area contributed by atoms with Crippen molar-refractivity contribution in [3.05, 3.63) is 53.6 Å². The van der Waals surface area contributed by atoms with E-state index in [9.17, 15) is 4.79 Å². The molecule has 0 aliphatic heterocycles. The molecule has 0 radical (unpaired) electrons. The standard InChI is InChI=1S/C19H23N5OS/c1-12-8-6-7-9-16(12)24-11-10-20-19(24)26-15(4)18(25)21-17-13(2)22-23(5)14(17)3/h6-11,15H,1-5H3,(H,21,25). The Hall–Kier alpha value is -2.54.